The Morgan fingerprint density at radius 1 is 0.900 bits per heavy atom. The third-order valence-electron chi connectivity index (χ3n) is 3.33. The summed E-state index contributed by atoms with van der Waals surface area (Å²) in [7, 11) is 3.85. The van der Waals surface area contributed by atoms with Crippen LogP contribution in [0.15, 0.2) is 48.5 Å². The van der Waals surface area contributed by atoms with E-state index in [4.69, 9.17) is 5.41 Å². The van der Waals surface area contributed by atoms with E-state index >= 15 is 0 Å². The van der Waals surface area contributed by atoms with Crippen LogP contribution in [0.3, 0.4) is 0 Å². The fourth-order valence-corrected chi connectivity index (χ4v) is 2.87. The molecule has 2 rings (SSSR count). The molecule has 0 spiro atoms. The predicted molar refractivity (Wildman–Crippen MR) is 94.9 cm³/mol. The molecule has 0 atom stereocenters. The minimum absolute atomic E-state index is 0.448. The summed E-state index contributed by atoms with van der Waals surface area (Å²) in [6.07, 6.45) is 0. The van der Waals surface area contributed by atoms with Crippen LogP contribution < -0.4 is 9.80 Å². The van der Waals surface area contributed by atoms with Gasteiger partial charge in [-0.1, -0.05) is 30.3 Å². The molecule has 0 aliphatic rings. The molecule has 1 N–H and O–H groups in total. The van der Waals surface area contributed by atoms with Gasteiger partial charge in [-0.15, -0.1) is 0 Å². The lowest BCUT2D eigenvalue weighted by atomic mass is 10.2. The largest absolute Gasteiger partial charge is 0.315 e. The van der Waals surface area contributed by atoms with Crippen molar-refractivity contribution in [1.82, 2.24) is 0 Å². The van der Waals surface area contributed by atoms with Crippen LogP contribution >= 0.6 is 22.6 Å². The number of hydrogen-bond acceptors (Lipinski definition) is 1. The predicted octanol–water partition coefficient (Wildman–Crippen LogP) is 4.11. The monoisotopic (exact) mass is 379 g/mol. The molecule has 0 bridgehead atoms. The highest BCUT2D eigenvalue weighted by molar-refractivity contribution is 14.1. The van der Waals surface area contributed by atoms with Crippen molar-refractivity contribution in [2.24, 2.45) is 0 Å². The van der Waals surface area contributed by atoms with E-state index in [0.717, 1.165) is 20.5 Å². The average molecular weight is 379 g/mol. The zero-order valence-electron chi connectivity index (χ0n) is 11.9. The molecule has 104 valence electrons. The number of rotatable bonds is 2. The van der Waals surface area contributed by atoms with Gasteiger partial charge in [0.25, 0.3) is 0 Å². The number of benzene rings is 2. The molecular weight excluding hydrogens is 361 g/mol. The van der Waals surface area contributed by atoms with Crippen LogP contribution in [-0.2, 0) is 0 Å². The standard InChI is InChI=1S/C16H18IN3/c1-12-8-4-6-10-14(12)19(2)16(18)20(3)15-11-7-5-9-13(15)17/h4-11,18H,1-3H3. The second-order valence-electron chi connectivity index (χ2n) is 4.68. The van der Waals surface area contributed by atoms with Gasteiger partial charge in [-0.25, -0.2) is 0 Å². The highest BCUT2D eigenvalue weighted by Gasteiger charge is 2.16. The number of para-hydroxylation sites is 2. The lowest BCUT2D eigenvalue weighted by molar-refractivity contribution is 1.10. The smallest absolute Gasteiger partial charge is 0.202 e. The summed E-state index contributed by atoms with van der Waals surface area (Å²) in [6.45, 7) is 2.06. The van der Waals surface area contributed by atoms with Gasteiger partial charge in [0.1, 0.15) is 0 Å². The van der Waals surface area contributed by atoms with Gasteiger partial charge in [-0.05, 0) is 53.3 Å². The first-order valence-electron chi connectivity index (χ1n) is 6.38. The molecule has 3 nitrogen and oxygen atoms in total. The SMILES string of the molecule is Cc1ccccc1N(C)C(=N)N(C)c1ccccc1I. The zero-order valence-corrected chi connectivity index (χ0v) is 14.0. The second-order valence-corrected chi connectivity index (χ2v) is 5.84. The van der Waals surface area contributed by atoms with Crippen molar-refractivity contribution in [3.8, 4) is 0 Å². The average Bonchev–Trinajstić information content (AvgIpc) is 2.46. The van der Waals surface area contributed by atoms with Crippen molar-refractivity contribution < 1.29 is 0 Å². The number of nitrogens with one attached hydrogen (secondary N) is 1. The number of anilines is 2. The lowest BCUT2D eigenvalue weighted by Gasteiger charge is -2.29. The number of hydrogen-bond donors (Lipinski definition) is 1. The molecule has 0 fully saturated rings. The summed E-state index contributed by atoms with van der Waals surface area (Å²) in [6, 6.07) is 16.2. The number of guanidine groups is 1. The number of halogens is 1. The Morgan fingerprint density at radius 2 is 1.40 bits per heavy atom. The van der Waals surface area contributed by atoms with Crippen molar-refractivity contribution in [1.29, 1.82) is 5.41 Å². The van der Waals surface area contributed by atoms with Crippen molar-refractivity contribution in [2.45, 2.75) is 6.92 Å². The minimum atomic E-state index is 0.448. The maximum Gasteiger partial charge on any atom is 0.202 e. The van der Waals surface area contributed by atoms with Crippen LogP contribution in [0.5, 0.6) is 0 Å². The van der Waals surface area contributed by atoms with E-state index in [1.807, 2.05) is 66.4 Å². The summed E-state index contributed by atoms with van der Waals surface area (Å²) in [5.74, 6) is 0.448. The number of aryl methyl sites for hydroxylation is 1. The third kappa shape index (κ3) is 2.95. The molecule has 0 aliphatic heterocycles. The molecule has 4 heteroatoms. The quantitative estimate of drug-likeness (QED) is 0.484. The Morgan fingerprint density at radius 3 is 2.00 bits per heavy atom. The highest BCUT2D eigenvalue weighted by atomic mass is 127. The van der Waals surface area contributed by atoms with Gasteiger partial charge >= 0.3 is 0 Å². The molecular formula is C16H18IN3. The first-order valence-corrected chi connectivity index (χ1v) is 7.46. The molecule has 0 unspecified atom stereocenters. The molecule has 0 heterocycles. The summed E-state index contributed by atoms with van der Waals surface area (Å²) in [5.41, 5.74) is 3.25. The Kier molecular flexibility index (Phi) is 4.65. The van der Waals surface area contributed by atoms with Crippen LogP contribution in [-0.4, -0.2) is 20.1 Å². The fourth-order valence-electron chi connectivity index (χ4n) is 2.12. The maximum atomic E-state index is 8.42. The summed E-state index contributed by atoms with van der Waals surface area (Å²) >= 11 is 2.30. The lowest BCUT2D eigenvalue weighted by Crippen LogP contribution is -2.40. The first kappa shape index (κ1) is 14.8. The van der Waals surface area contributed by atoms with Gasteiger partial charge in [0.2, 0.25) is 5.96 Å². The van der Waals surface area contributed by atoms with E-state index in [1.54, 1.807) is 0 Å². The van der Waals surface area contributed by atoms with Crippen molar-refractivity contribution in [2.75, 3.05) is 23.9 Å². The van der Waals surface area contributed by atoms with E-state index in [9.17, 15) is 0 Å². The molecule has 0 saturated carbocycles. The van der Waals surface area contributed by atoms with Gasteiger partial charge in [0.15, 0.2) is 0 Å². The van der Waals surface area contributed by atoms with Gasteiger partial charge in [-0.3, -0.25) is 5.41 Å². The molecule has 0 radical (unpaired) electrons. The number of nitrogens with zero attached hydrogens (tertiary/aromatic N) is 2. The van der Waals surface area contributed by atoms with Gasteiger partial charge in [-0.2, -0.15) is 0 Å². The van der Waals surface area contributed by atoms with Crippen LogP contribution in [0.4, 0.5) is 11.4 Å². The Hall–Kier alpha value is -1.56. The fraction of sp³-hybridized carbons (Fsp3) is 0.188. The molecule has 0 amide bonds. The summed E-state index contributed by atoms with van der Waals surface area (Å²) < 4.78 is 1.13. The first-order chi connectivity index (χ1) is 9.52. The maximum absolute atomic E-state index is 8.42. The summed E-state index contributed by atoms with van der Waals surface area (Å²) in [4.78, 5) is 3.80. The van der Waals surface area contributed by atoms with Crippen LogP contribution in [0, 0.1) is 15.9 Å². The van der Waals surface area contributed by atoms with E-state index in [2.05, 4.69) is 35.6 Å². The van der Waals surface area contributed by atoms with E-state index in [0.29, 0.717) is 5.96 Å². The topological polar surface area (TPSA) is 30.3 Å². The van der Waals surface area contributed by atoms with E-state index < -0.39 is 0 Å². The van der Waals surface area contributed by atoms with Crippen molar-refractivity contribution in [3.63, 3.8) is 0 Å². The van der Waals surface area contributed by atoms with Gasteiger partial charge in [0, 0.05) is 23.4 Å². The molecule has 0 aliphatic carbocycles. The normalized spacial score (nSPS) is 10.2. The Balaban J connectivity index is 2.28. The molecule has 2 aromatic carbocycles. The molecule has 0 aromatic heterocycles. The molecule has 0 saturated heterocycles. The van der Waals surface area contributed by atoms with Crippen LogP contribution in [0.1, 0.15) is 5.56 Å². The van der Waals surface area contributed by atoms with Crippen LogP contribution in [0.25, 0.3) is 0 Å². The molecule has 2 aromatic rings. The van der Waals surface area contributed by atoms with E-state index in [1.165, 1.54) is 0 Å². The Labute approximate surface area is 133 Å². The van der Waals surface area contributed by atoms with Crippen molar-refractivity contribution in [3.05, 3.63) is 57.7 Å². The minimum Gasteiger partial charge on any atom is -0.315 e. The van der Waals surface area contributed by atoms with Crippen LogP contribution in [0.2, 0.25) is 0 Å². The molecule has 20 heavy (non-hydrogen) atoms. The van der Waals surface area contributed by atoms with Gasteiger partial charge in [0.05, 0.1) is 5.69 Å². The highest BCUT2D eigenvalue weighted by Crippen LogP contribution is 2.24. The Bertz CT molecular complexity index is 571. The third-order valence-corrected chi connectivity index (χ3v) is 4.24. The van der Waals surface area contributed by atoms with Crippen molar-refractivity contribution >= 4 is 39.9 Å². The second kappa shape index (κ2) is 6.26. The zero-order chi connectivity index (χ0) is 14.7. The van der Waals surface area contributed by atoms with E-state index in [-0.39, 0.29) is 0 Å². The van der Waals surface area contributed by atoms with Gasteiger partial charge < -0.3 is 9.80 Å². The summed E-state index contributed by atoms with van der Waals surface area (Å²) in [5, 5.41) is 8.42.